The van der Waals surface area contributed by atoms with Crippen molar-refractivity contribution in [2.75, 3.05) is 12.3 Å². The number of hydrogen-bond acceptors (Lipinski definition) is 11. The zero-order chi connectivity index (χ0) is 27.9. The number of aliphatic hydroxyl groups excluding tert-OH is 3. The number of nitrogens with two attached hydrogens (primary N) is 1. The van der Waals surface area contributed by atoms with E-state index in [1.165, 1.54) is 10.9 Å². The molecule has 2 aromatic rings. The largest absolute Gasteiger partial charge is 0.466 e. The fraction of sp³-hybridized carbons (Fsp3) is 0.500. The number of imidazole rings is 1. The van der Waals surface area contributed by atoms with Gasteiger partial charge < -0.3 is 69.8 Å². The molecule has 0 amide bonds. The Hall–Kier alpha value is -1.55. The molecule has 0 saturated carbocycles. The quantitative estimate of drug-likeness (QED) is 0.117. The Morgan fingerprint density at radius 2 is 1.34 bits per heavy atom. The third kappa shape index (κ3) is 14.6. The Morgan fingerprint density at radius 3 is 1.71 bits per heavy atom. The van der Waals surface area contributed by atoms with E-state index in [0.717, 1.165) is 0 Å². The van der Waals surface area contributed by atoms with Crippen LogP contribution in [-0.2, 0) is 18.4 Å². The summed E-state index contributed by atoms with van der Waals surface area (Å²) < 4.78 is 46.4. The maximum absolute atomic E-state index is 13.2. The Bertz CT molecular complexity index is 1030. The molecule has 0 unspecified atom stereocenters. The Morgan fingerprint density at radius 1 is 0.914 bits per heavy atom. The SMILES string of the molecule is Nc1nc(F)nc2c1ncn2[C@@H]1O[C@H](CO)[C@@H](O)[C@H]1O.O=P(O)(O)O.O=P(O)(O)O.O=P(O)(O)O. The molecule has 1 saturated heterocycles. The summed E-state index contributed by atoms with van der Waals surface area (Å²) in [6.45, 7) is -0.465. The smallest absolute Gasteiger partial charge is 0.394 e. The van der Waals surface area contributed by atoms with E-state index in [1.807, 2.05) is 0 Å². The highest BCUT2D eigenvalue weighted by Gasteiger charge is 2.44. The third-order valence-corrected chi connectivity index (χ3v) is 3.21. The molecule has 1 fully saturated rings. The summed E-state index contributed by atoms with van der Waals surface area (Å²) in [7, 11) is -13.9. The minimum Gasteiger partial charge on any atom is -0.394 e. The molecule has 0 aromatic carbocycles. The van der Waals surface area contributed by atoms with Crippen molar-refractivity contribution in [1.29, 1.82) is 0 Å². The summed E-state index contributed by atoms with van der Waals surface area (Å²) in [6, 6.07) is 0. The first-order valence-corrected chi connectivity index (χ1v) is 12.8. The number of fused-ring (bicyclic) bond motifs is 1. The number of anilines is 1. The minimum atomic E-state index is -4.64. The van der Waals surface area contributed by atoms with Gasteiger partial charge in [0, 0.05) is 0 Å². The van der Waals surface area contributed by atoms with Crippen molar-refractivity contribution in [2.24, 2.45) is 0 Å². The van der Waals surface area contributed by atoms with Gasteiger partial charge in [0.2, 0.25) is 0 Å². The van der Waals surface area contributed by atoms with Crippen molar-refractivity contribution < 1.29 is 82.2 Å². The number of ether oxygens (including phenoxy) is 1. The van der Waals surface area contributed by atoms with Gasteiger partial charge in [0.1, 0.15) is 18.3 Å². The van der Waals surface area contributed by atoms with Crippen LogP contribution < -0.4 is 5.73 Å². The summed E-state index contributed by atoms with van der Waals surface area (Å²) >= 11 is 0. The molecule has 204 valence electrons. The van der Waals surface area contributed by atoms with Crippen molar-refractivity contribution in [2.45, 2.75) is 24.5 Å². The molecule has 25 heteroatoms. The van der Waals surface area contributed by atoms with E-state index in [-0.39, 0.29) is 17.0 Å². The molecule has 21 nitrogen and oxygen atoms in total. The van der Waals surface area contributed by atoms with Crippen LogP contribution >= 0.6 is 23.5 Å². The maximum Gasteiger partial charge on any atom is 0.466 e. The molecule has 2 aromatic heterocycles. The van der Waals surface area contributed by atoms with Crippen molar-refractivity contribution in [3.63, 3.8) is 0 Å². The van der Waals surface area contributed by atoms with E-state index in [0.29, 0.717) is 0 Å². The van der Waals surface area contributed by atoms with E-state index < -0.39 is 60.7 Å². The number of nitrogens with zero attached hydrogens (tertiary/aromatic N) is 4. The zero-order valence-electron chi connectivity index (χ0n) is 16.7. The highest BCUT2D eigenvalue weighted by Crippen LogP contribution is 2.32. The molecule has 0 bridgehead atoms. The van der Waals surface area contributed by atoms with Gasteiger partial charge in [-0.05, 0) is 0 Å². The van der Waals surface area contributed by atoms with Crippen molar-refractivity contribution >= 4 is 40.4 Å². The molecule has 1 aliphatic rings. The first-order valence-electron chi connectivity index (χ1n) is 8.15. The Balaban J connectivity index is 0.000000635. The van der Waals surface area contributed by atoms with Gasteiger partial charge in [-0.2, -0.15) is 14.4 Å². The van der Waals surface area contributed by atoms with Crippen LogP contribution in [0.5, 0.6) is 0 Å². The number of halogens is 1. The fourth-order valence-corrected chi connectivity index (χ4v) is 2.21. The lowest BCUT2D eigenvalue weighted by molar-refractivity contribution is -0.0511. The number of aliphatic hydroxyl groups is 3. The molecule has 35 heavy (non-hydrogen) atoms. The van der Waals surface area contributed by atoms with Gasteiger partial charge in [0.05, 0.1) is 12.9 Å². The van der Waals surface area contributed by atoms with Crippen LogP contribution in [0.2, 0.25) is 0 Å². The van der Waals surface area contributed by atoms with Crippen molar-refractivity contribution in [3.8, 4) is 0 Å². The second-order valence-electron chi connectivity index (χ2n) is 5.97. The summed E-state index contributed by atoms with van der Waals surface area (Å²) in [5, 5.41) is 28.7. The lowest BCUT2D eigenvalue weighted by Crippen LogP contribution is -2.33. The van der Waals surface area contributed by atoms with Crippen molar-refractivity contribution in [3.05, 3.63) is 12.4 Å². The molecular weight excluding hydrogens is 558 g/mol. The normalized spacial score (nSPS) is 22.3. The molecule has 4 atom stereocenters. The standard InChI is InChI=1S/C10H12FN5O4.3H3O4P/c11-10-14-7(12)4-8(15-10)16(2-13-4)9-6(19)5(18)3(1-17)20-9;3*1-5(2,3)4/h2-3,5-6,9,17-19H,1H2,(H2,12,14,15);3*(H3,1,2,3,4)/t3-,5-,6-,9-;;;/m1.../s1. The van der Waals surface area contributed by atoms with E-state index in [1.54, 1.807) is 0 Å². The fourth-order valence-electron chi connectivity index (χ4n) is 2.21. The van der Waals surface area contributed by atoms with E-state index in [4.69, 9.17) is 73.3 Å². The summed E-state index contributed by atoms with van der Waals surface area (Å²) in [6.07, 6.45) is -4.38. The summed E-state index contributed by atoms with van der Waals surface area (Å²) in [5.41, 5.74) is 5.71. The van der Waals surface area contributed by atoms with Crippen LogP contribution in [-0.4, -0.2) is 104 Å². The molecule has 14 N–H and O–H groups in total. The first kappa shape index (κ1) is 33.4. The number of rotatable bonds is 2. The van der Waals surface area contributed by atoms with Crippen LogP contribution in [0, 0.1) is 6.08 Å². The number of nitrogen functional groups attached to an aromatic ring is 1. The zero-order valence-corrected chi connectivity index (χ0v) is 19.4. The lowest BCUT2D eigenvalue weighted by Gasteiger charge is -2.16. The van der Waals surface area contributed by atoms with E-state index >= 15 is 0 Å². The molecule has 0 radical (unpaired) electrons. The predicted octanol–water partition coefficient (Wildman–Crippen LogP) is -4.63. The van der Waals surface area contributed by atoms with Gasteiger partial charge in [-0.25, -0.2) is 18.7 Å². The number of phosphoric acid groups is 3. The average molecular weight is 579 g/mol. The molecule has 0 spiro atoms. The summed E-state index contributed by atoms with van der Waals surface area (Å²) in [4.78, 5) is 75.5. The van der Waals surface area contributed by atoms with Gasteiger partial charge in [-0.1, -0.05) is 0 Å². The molecule has 3 rings (SSSR count). The average Bonchev–Trinajstić information content (AvgIpc) is 3.12. The Kier molecular flexibility index (Phi) is 12.5. The van der Waals surface area contributed by atoms with Crippen LogP contribution in [0.4, 0.5) is 10.2 Å². The van der Waals surface area contributed by atoms with Gasteiger partial charge in [-0.3, -0.25) is 4.57 Å². The third-order valence-electron chi connectivity index (χ3n) is 3.21. The molecule has 0 aliphatic carbocycles. The monoisotopic (exact) mass is 579 g/mol. The van der Waals surface area contributed by atoms with E-state index in [9.17, 15) is 14.6 Å². The Labute approximate surface area is 192 Å². The number of hydrogen-bond donors (Lipinski definition) is 13. The van der Waals surface area contributed by atoms with Gasteiger partial charge in [-0.15, -0.1) is 0 Å². The first-order chi connectivity index (χ1) is 15.5. The van der Waals surface area contributed by atoms with Gasteiger partial charge >= 0.3 is 29.5 Å². The van der Waals surface area contributed by atoms with Crippen LogP contribution in [0.25, 0.3) is 11.2 Å². The molecule has 1 aliphatic heterocycles. The minimum absolute atomic E-state index is 0.0323. The predicted molar refractivity (Wildman–Crippen MR) is 105 cm³/mol. The highest BCUT2D eigenvalue weighted by molar-refractivity contribution is 7.45. The molecule has 3 heterocycles. The summed E-state index contributed by atoms with van der Waals surface area (Å²) in [5.74, 6) is -0.141. The van der Waals surface area contributed by atoms with Crippen LogP contribution in [0.3, 0.4) is 0 Å². The lowest BCUT2D eigenvalue weighted by atomic mass is 10.1. The maximum atomic E-state index is 13.2. The second kappa shape index (κ2) is 13.1. The van der Waals surface area contributed by atoms with Crippen molar-refractivity contribution in [1.82, 2.24) is 19.5 Å². The number of aromatic nitrogens is 4. The highest BCUT2D eigenvalue weighted by atomic mass is 31.2. The van der Waals surface area contributed by atoms with Gasteiger partial charge in [0.25, 0.3) is 0 Å². The van der Waals surface area contributed by atoms with Crippen LogP contribution in [0.15, 0.2) is 6.33 Å². The molecular formula is C10H21FN5O16P3. The second-order valence-corrected chi connectivity index (χ2v) is 9.05. The van der Waals surface area contributed by atoms with E-state index in [2.05, 4.69) is 15.0 Å². The topological polar surface area (TPSA) is 373 Å². The van der Waals surface area contributed by atoms with Gasteiger partial charge in [0.15, 0.2) is 23.2 Å². The van der Waals surface area contributed by atoms with Crippen LogP contribution in [0.1, 0.15) is 6.23 Å².